The van der Waals surface area contributed by atoms with E-state index in [0.29, 0.717) is 0 Å². The molecule has 0 aliphatic carbocycles. The molecule has 1 rings (SSSR count). The Hall–Kier alpha value is -2.37. The lowest BCUT2D eigenvalue weighted by molar-refractivity contribution is -0.129. The number of hydrogen-bond acceptors (Lipinski definition) is 3. The Kier molecular flexibility index (Phi) is 5.90. The first kappa shape index (κ1) is 16.7. The fourth-order valence-electron chi connectivity index (χ4n) is 1.82. The van der Waals surface area contributed by atoms with Crippen molar-refractivity contribution in [3.05, 3.63) is 35.4 Å². The summed E-state index contributed by atoms with van der Waals surface area (Å²) in [4.78, 5) is 33.9. The van der Waals surface area contributed by atoms with Gasteiger partial charge in [0.15, 0.2) is 0 Å². The van der Waals surface area contributed by atoms with Crippen molar-refractivity contribution in [1.29, 1.82) is 0 Å². The molecule has 6 heteroatoms. The average Bonchev–Trinajstić information content (AvgIpc) is 2.42. The van der Waals surface area contributed by atoms with Gasteiger partial charge < -0.3 is 15.7 Å². The lowest BCUT2D eigenvalue weighted by atomic mass is 10.0. The largest absolute Gasteiger partial charge is 0.478 e. The molecule has 0 saturated heterocycles. The number of carboxylic acid groups (broad SMARTS) is 1. The summed E-state index contributed by atoms with van der Waals surface area (Å²) in [5.41, 5.74) is 0.988. The zero-order valence-corrected chi connectivity index (χ0v) is 12.3. The summed E-state index contributed by atoms with van der Waals surface area (Å²) < 4.78 is 0. The minimum atomic E-state index is -0.990. The van der Waals surface area contributed by atoms with Crippen LogP contribution in [0.15, 0.2) is 24.3 Å². The fraction of sp³-hybridized carbons (Fsp3) is 0.400. The molecule has 1 atom stereocenters. The summed E-state index contributed by atoms with van der Waals surface area (Å²) in [6.07, 6.45) is 0. The monoisotopic (exact) mass is 292 g/mol. The predicted octanol–water partition coefficient (Wildman–Crippen LogP) is 1.16. The summed E-state index contributed by atoms with van der Waals surface area (Å²) in [6, 6.07) is 5.68. The van der Waals surface area contributed by atoms with E-state index in [9.17, 15) is 14.4 Å². The molecule has 3 N–H and O–H groups in total. The van der Waals surface area contributed by atoms with Gasteiger partial charge in [0.2, 0.25) is 11.8 Å². The van der Waals surface area contributed by atoms with Gasteiger partial charge in [0, 0.05) is 13.5 Å². The number of benzene rings is 1. The van der Waals surface area contributed by atoms with Crippen molar-refractivity contribution in [3.8, 4) is 0 Å². The number of rotatable bonds is 6. The first-order valence-electron chi connectivity index (χ1n) is 6.68. The number of aromatic carboxylic acids is 1. The summed E-state index contributed by atoms with van der Waals surface area (Å²) in [7, 11) is 0. The first-order chi connectivity index (χ1) is 9.81. The van der Waals surface area contributed by atoms with Gasteiger partial charge in [0.25, 0.3) is 0 Å². The van der Waals surface area contributed by atoms with Crippen molar-refractivity contribution in [2.45, 2.75) is 33.4 Å². The lowest BCUT2D eigenvalue weighted by Crippen LogP contribution is -2.48. The van der Waals surface area contributed by atoms with Gasteiger partial charge in [-0.3, -0.25) is 9.59 Å². The number of hydrogen-bond donors (Lipinski definition) is 3. The summed E-state index contributed by atoms with van der Waals surface area (Å²) in [5, 5.41) is 14.1. The Labute approximate surface area is 123 Å². The highest BCUT2D eigenvalue weighted by molar-refractivity contribution is 5.88. The number of amides is 2. The Morgan fingerprint density at radius 3 is 2.14 bits per heavy atom. The van der Waals surface area contributed by atoms with Gasteiger partial charge in [-0.25, -0.2) is 4.79 Å². The molecular formula is C15H20N2O4. The standard InChI is InChI=1S/C15H20N2O4/c1-9(2)13(17-10(3)18)14(19)16-8-11-4-6-12(7-5-11)15(20)21/h4-7,9,13H,8H2,1-3H3,(H,16,19)(H,17,18)(H,20,21). The molecule has 114 valence electrons. The van der Waals surface area contributed by atoms with Crippen molar-refractivity contribution < 1.29 is 19.5 Å². The molecule has 1 unspecified atom stereocenters. The number of carbonyl (C=O) groups excluding carboxylic acids is 2. The molecule has 1 aromatic carbocycles. The van der Waals surface area contributed by atoms with Gasteiger partial charge in [0.1, 0.15) is 6.04 Å². The van der Waals surface area contributed by atoms with Gasteiger partial charge >= 0.3 is 5.97 Å². The third-order valence-corrected chi connectivity index (χ3v) is 2.98. The van der Waals surface area contributed by atoms with Crippen LogP contribution in [0.3, 0.4) is 0 Å². The number of nitrogens with one attached hydrogen (secondary N) is 2. The molecule has 0 radical (unpaired) electrons. The number of carboxylic acids is 1. The molecule has 1 aromatic rings. The predicted molar refractivity (Wildman–Crippen MR) is 77.7 cm³/mol. The molecule has 0 heterocycles. The molecule has 2 amide bonds. The molecule has 0 fully saturated rings. The quantitative estimate of drug-likeness (QED) is 0.733. The van der Waals surface area contributed by atoms with E-state index in [4.69, 9.17) is 5.11 Å². The fourth-order valence-corrected chi connectivity index (χ4v) is 1.82. The van der Waals surface area contributed by atoms with Crippen LogP contribution in [0.25, 0.3) is 0 Å². The van der Waals surface area contributed by atoms with Crippen LogP contribution in [-0.2, 0) is 16.1 Å². The summed E-state index contributed by atoms with van der Waals surface area (Å²) >= 11 is 0. The Morgan fingerprint density at radius 1 is 1.14 bits per heavy atom. The first-order valence-corrected chi connectivity index (χ1v) is 6.68. The normalized spacial score (nSPS) is 11.8. The van der Waals surface area contributed by atoms with Crippen molar-refractivity contribution in [2.24, 2.45) is 5.92 Å². The summed E-state index contributed by atoms with van der Waals surface area (Å²) in [6.45, 7) is 5.35. The molecule has 0 aliphatic heterocycles. The second-order valence-corrected chi connectivity index (χ2v) is 5.14. The van der Waals surface area contributed by atoms with E-state index in [0.717, 1.165) is 5.56 Å². The zero-order valence-electron chi connectivity index (χ0n) is 12.3. The van der Waals surface area contributed by atoms with E-state index in [1.54, 1.807) is 12.1 Å². The van der Waals surface area contributed by atoms with Gasteiger partial charge in [-0.1, -0.05) is 26.0 Å². The molecule has 0 aromatic heterocycles. The van der Waals surface area contributed by atoms with Gasteiger partial charge in [-0.05, 0) is 23.6 Å². The Morgan fingerprint density at radius 2 is 1.71 bits per heavy atom. The average molecular weight is 292 g/mol. The van der Waals surface area contributed by atoms with Gasteiger partial charge in [-0.2, -0.15) is 0 Å². The SMILES string of the molecule is CC(=O)NC(C(=O)NCc1ccc(C(=O)O)cc1)C(C)C. The molecule has 0 saturated carbocycles. The van der Waals surface area contributed by atoms with E-state index in [-0.39, 0.29) is 29.8 Å². The minimum Gasteiger partial charge on any atom is -0.478 e. The molecule has 0 bridgehead atoms. The van der Waals surface area contributed by atoms with Crippen LogP contribution >= 0.6 is 0 Å². The van der Waals surface area contributed by atoms with Crippen LogP contribution in [0.4, 0.5) is 0 Å². The van der Waals surface area contributed by atoms with Crippen LogP contribution in [0.1, 0.15) is 36.7 Å². The molecule has 0 aliphatic rings. The van der Waals surface area contributed by atoms with E-state index in [1.165, 1.54) is 19.1 Å². The topological polar surface area (TPSA) is 95.5 Å². The van der Waals surface area contributed by atoms with E-state index >= 15 is 0 Å². The minimum absolute atomic E-state index is 0.0247. The Bertz CT molecular complexity index is 523. The van der Waals surface area contributed by atoms with Crippen LogP contribution in [0.5, 0.6) is 0 Å². The Balaban J connectivity index is 2.62. The molecule has 21 heavy (non-hydrogen) atoms. The second-order valence-electron chi connectivity index (χ2n) is 5.14. The second kappa shape index (κ2) is 7.42. The van der Waals surface area contributed by atoms with Crippen molar-refractivity contribution in [3.63, 3.8) is 0 Å². The highest BCUT2D eigenvalue weighted by Gasteiger charge is 2.22. The number of carbonyl (C=O) groups is 3. The van der Waals surface area contributed by atoms with Crippen LogP contribution in [-0.4, -0.2) is 28.9 Å². The van der Waals surface area contributed by atoms with E-state index in [1.807, 2.05) is 13.8 Å². The molecule has 0 spiro atoms. The zero-order chi connectivity index (χ0) is 16.0. The maximum Gasteiger partial charge on any atom is 0.335 e. The lowest BCUT2D eigenvalue weighted by Gasteiger charge is -2.20. The van der Waals surface area contributed by atoms with Crippen molar-refractivity contribution >= 4 is 17.8 Å². The third-order valence-electron chi connectivity index (χ3n) is 2.98. The van der Waals surface area contributed by atoms with E-state index in [2.05, 4.69) is 10.6 Å². The van der Waals surface area contributed by atoms with Gasteiger partial charge in [-0.15, -0.1) is 0 Å². The molecular weight excluding hydrogens is 272 g/mol. The van der Waals surface area contributed by atoms with Gasteiger partial charge in [0.05, 0.1) is 5.56 Å². The summed E-state index contributed by atoms with van der Waals surface area (Å²) in [5.74, 6) is -1.53. The van der Waals surface area contributed by atoms with Crippen LogP contribution in [0, 0.1) is 5.92 Å². The third kappa shape index (κ3) is 5.25. The van der Waals surface area contributed by atoms with Crippen LogP contribution < -0.4 is 10.6 Å². The van der Waals surface area contributed by atoms with Crippen molar-refractivity contribution in [1.82, 2.24) is 10.6 Å². The highest BCUT2D eigenvalue weighted by Crippen LogP contribution is 2.06. The maximum atomic E-state index is 12.0. The van der Waals surface area contributed by atoms with Crippen molar-refractivity contribution in [2.75, 3.05) is 0 Å². The maximum absolute atomic E-state index is 12.0. The smallest absolute Gasteiger partial charge is 0.335 e. The molecule has 6 nitrogen and oxygen atoms in total. The highest BCUT2D eigenvalue weighted by atomic mass is 16.4. The van der Waals surface area contributed by atoms with E-state index < -0.39 is 12.0 Å². The van der Waals surface area contributed by atoms with Crippen LogP contribution in [0.2, 0.25) is 0 Å².